The Morgan fingerprint density at radius 2 is 1.71 bits per heavy atom. The Kier molecular flexibility index (Phi) is 6.10. The van der Waals surface area contributed by atoms with Gasteiger partial charge in [-0.3, -0.25) is 19.8 Å². The maximum Gasteiger partial charge on any atom is 0.269 e. The highest BCUT2D eigenvalue weighted by Gasteiger charge is 2.25. The lowest BCUT2D eigenvalue weighted by Gasteiger charge is -2.35. The summed E-state index contributed by atoms with van der Waals surface area (Å²) >= 11 is 0. The second-order valence-corrected chi connectivity index (χ2v) is 6.53. The highest BCUT2D eigenvalue weighted by molar-refractivity contribution is 5.97. The maximum atomic E-state index is 12.9. The summed E-state index contributed by atoms with van der Waals surface area (Å²) < 4.78 is 10.6. The van der Waals surface area contributed by atoms with Gasteiger partial charge in [0.2, 0.25) is 0 Å². The molecular weight excluding hydrogens is 362 g/mol. The van der Waals surface area contributed by atoms with Crippen molar-refractivity contribution in [2.75, 3.05) is 40.4 Å². The summed E-state index contributed by atoms with van der Waals surface area (Å²) in [5.74, 6) is 0.902. The Labute approximate surface area is 163 Å². The topological polar surface area (TPSA) is 85.2 Å². The Bertz CT molecular complexity index is 845. The minimum absolute atomic E-state index is 0.0780. The van der Waals surface area contributed by atoms with E-state index in [-0.39, 0.29) is 11.6 Å². The van der Waals surface area contributed by atoms with Crippen molar-refractivity contribution in [1.29, 1.82) is 0 Å². The first-order valence-electron chi connectivity index (χ1n) is 8.99. The smallest absolute Gasteiger partial charge is 0.269 e. The zero-order valence-corrected chi connectivity index (χ0v) is 16.0. The number of rotatable bonds is 6. The first-order chi connectivity index (χ1) is 13.5. The monoisotopic (exact) mass is 385 g/mol. The van der Waals surface area contributed by atoms with Gasteiger partial charge in [-0.2, -0.15) is 0 Å². The number of nitrogens with zero attached hydrogens (tertiary/aromatic N) is 3. The van der Waals surface area contributed by atoms with Crippen LogP contribution in [-0.2, 0) is 6.54 Å². The van der Waals surface area contributed by atoms with Crippen LogP contribution in [0.25, 0.3) is 0 Å². The van der Waals surface area contributed by atoms with Crippen LogP contribution < -0.4 is 9.47 Å². The summed E-state index contributed by atoms with van der Waals surface area (Å²) in [5.41, 5.74) is 1.59. The molecule has 1 saturated heterocycles. The summed E-state index contributed by atoms with van der Waals surface area (Å²) in [4.78, 5) is 27.3. The lowest BCUT2D eigenvalue weighted by Crippen LogP contribution is -2.48. The van der Waals surface area contributed by atoms with Gasteiger partial charge in [-0.15, -0.1) is 0 Å². The molecule has 8 nitrogen and oxygen atoms in total. The highest BCUT2D eigenvalue weighted by Crippen LogP contribution is 2.31. The number of ether oxygens (including phenoxy) is 2. The number of carbonyl (C=O) groups excluding carboxylic acids is 1. The number of piperazine rings is 1. The van der Waals surface area contributed by atoms with E-state index in [0.29, 0.717) is 36.7 Å². The molecule has 28 heavy (non-hydrogen) atoms. The second-order valence-electron chi connectivity index (χ2n) is 6.53. The van der Waals surface area contributed by atoms with Crippen LogP contribution in [0.3, 0.4) is 0 Å². The van der Waals surface area contributed by atoms with Crippen molar-refractivity contribution in [1.82, 2.24) is 9.80 Å². The van der Waals surface area contributed by atoms with Gasteiger partial charge in [-0.05, 0) is 17.7 Å². The quantitative estimate of drug-likeness (QED) is 0.561. The third-order valence-electron chi connectivity index (χ3n) is 4.85. The van der Waals surface area contributed by atoms with Gasteiger partial charge in [-0.25, -0.2) is 0 Å². The summed E-state index contributed by atoms with van der Waals surface area (Å²) in [7, 11) is 3.07. The zero-order chi connectivity index (χ0) is 20.1. The predicted molar refractivity (Wildman–Crippen MR) is 104 cm³/mol. The first-order valence-corrected chi connectivity index (χ1v) is 8.99. The fraction of sp³-hybridized carbons (Fsp3) is 0.350. The van der Waals surface area contributed by atoms with Crippen LogP contribution in [0.1, 0.15) is 15.9 Å². The number of methoxy groups -OCH3 is 2. The molecule has 2 aromatic carbocycles. The molecule has 0 radical (unpaired) electrons. The number of carbonyl (C=O) groups is 1. The minimum atomic E-state index is -0.402. The van der Waals surface area contributed by atoms with Gasteiger partial charge in [-0.1, -0.05) is 18.2 Å². The fourth-order valence-corrected chi connectivity index (χ4v) is 3.32. The molecule has 0 aromatic heterocycles. The van der Waals surface area contributed by atoms with Crippen LogP contribution in [0, 0.1) is 10.1 Å². The number of benzene rings is 2. The molecule has 0 unspecified atom stereocenters. The van der Waals surface area contributed by atoms with E-state index in [9.17, 15) is 14.9 Å². The van der Waals surface area contributed by atoms with E-state index in [2.05, 4.69) is 4.90 Å². The predicted octanol–water partition coefficient (Wildman–Crippen LogP) is 2.57. The van der Waals surface area contributed by atoms with E-state index in [1.807, 2.05) is 4.90 Å². The molecule has 1 fully saturated rings. The van der Waals surface area contributed by atoms with E-state index >= 15 is 0 Å². The highest BCUT2D eigenvalue weighted by atomic mass is 16.6. The summed E-state index contributed by atoms with van der Waals surface area (Å²) in [6.45, 7) is 3.37. The molecule has 8 heteroatoms. The Hall–Kier alpha value is -3.13. The van der Waals surface area contributed by atoms with Gasteiger partial charge < -0.3 is 14.4 Å². The van der Waals surface area contributed by atoms with Crippen LogP contribution >= 0.6 is 0 Å². The lowest BCUT2D eigenvalue weighted by molar-refractivity contribution is -0.384. The molecule has 0 saturated carbocycles. The van der Waals surface area contributed by atoms with Crippen LogP contribution in [0.2, 0.25) is 0 Å². The number of non-ortho nitro benzene ring substituents is 1. The zero-order valence-electron chi connectivity index (χ0n) is 16.0. The van der Waals surface area contributed by atoms with Gasteiger partial charge in [0.05, 0.1) is 24.7 Å². The molecule has 0 aliphatic carbocycles. The third kappa shape index (κ3) is 4.23. The second kappa shape index (κ2) is 8.71. The third-order valence-corrected chi connectivity index (χ3v) is 4.85. The SMILES string of the molecule is COc1cccc(C(=O)N2CCN(Cc3ccc([N+](=O)[O-])cc3)CC2)c1OC. The van der Waals surface area contributed by atoms with Gasteiger partial charge in [0, 0.05) is 44.9 Å². The van der Waals surface area contributed by atoms with Crippen molar-refractivity contribution >= 4 is 11.6 Å². The van der Waals surface area contributed by atoms with Gasteiger partial charge in [0.1, 0.15) is 0 Å². The average Bonchev–Trinajstić information content (AvgIpc) is 2.73. The molecule has 1 amide bonds. The Morgan fingerprint density at radius 1 is 1.04 bits per heavy atom. The number of para-hydroxylation sites is 1. The van der Waals surface area contributed by atoms with Gasteiger partial charge in [0.25, 0.3) is 11.6 Å². The summed E-state index contributed by atoms with van der Waals surface area (Å²) in [6.07, 6.45) is 0. The van der Waals surface area contributed by atoms with Gasteiger partial charge in [0.15, 0.2) is 11.5 Å². The minimum Gasteiger partial charge on any atom is -0.493 e. The van der Waals surface area contributed by atoms with Crippen molar-refractivity contribution < 1.29 is 19.2 Å². The molecule has 148 valence electrons. The van der Waals surface area contributed by atoms with E-state index < -0.39 is 4.92 Å². The molecule has 2 aromatic rings. The molecule has 0 atom stereocenters. The number of amides is 1. The maximum absolute atomic E-state index is 12.9. The van der Waals surface area contributed by atoms with Crippen molar-refractivity contribution in [3.63, 3.8) is 0 Å². The van der Waals surface area contributed by atoms with E-state index in [0.717, 1.165) is 18.7 Å². The molecule has 0 spiro atoms. The normalized spacial score (nSPS) is 14.6. The number of nitro groups is 1. The molecule has 3 rings (SSSR count). The van der Waals surface area contributed by atoms with Gasteiger partial charge >= 0.3 is 0 Å². The van der Waals surface area contributed by atoms with Crippen molar-refractivity contribution in [2.45, 2.75) is 6.54 Å². The number of hydrogen-bond donors (Lipinski definition) is 0. The first kappa shape index (κ1) is 19.6. The summed E-state index contributed by atoms with van der Waals surface area (Å²) in [6, 6.07) is 11.9. The van der Waals surface area contributed by atoms with Crippen molar-refractivity contribution in [3.05, 3.63) is 63.7 Å². The molecule has 1 aliphatic rings. The fourth-order valence-electron chi connectivity index (χ4n) is 3.32. The average molecular weight is 385 g/mol. The lowest BCUT2D eigenvalue weighted by atomic mass is 10.1. The van der Waals surface area contributed by atoms with Crippen molar-refractivity contribution in [3.8, 4) is 11.5 Å². The molecule has 0 N–H and O–H groups in total. The number of nitro benzene ring substituents is 1. The van der Waals surface area contributed by atoms with Crippen molar-refractivity contribution in [2.24, 2.45) is 0 Å². The van der Waals surface area contributed by atoms with Crippen LogP contribution in [-0.4, -0.2) is 61.0 Å². The standard InChI is InChI=1S/C20H23N3O5/c1-27-18-5-3-4-17(19(18)28-2)20(24)22-12-10-21(11-13-22)14-15-6-8-16(9-7-15)23(25)26/h3-9H,10-14H2,1-2H3. The van der Waals surface area contributed by atoms with Crippen LogP contribution in [0.15, 0.2) is 42.5 Å². The van der Waals surface area contributed by atoms with E-state index in [4.69, 9.17) is 9.47 Å². The Morgan fingerprint density at radius 3 is 2.29 bits per heavy atom. The Balaban J connectivity index is 1.61. The van der Waals surface area contributed by atoms with Crippen LogP contribution in [0.5, 0.6) is 11.5 Å². The molecular formula is C20H23N3O5. The summed E-state index contributed by atoms with van der Waals surface area (Å²) in [5, 5.41) is 10.7. The van der Waals surface area contributed by atoms with E-state index in [1.165, 1.54) is 19.2 Å². The van der Waals surface area contributed by atoms with E-state index in [1.54, 1.807) is 37.4 Å². The number of hydrogen-bond acceptors (Lipinski definition) is 6. The molecule has 1 heterocycles. The molecule has 1 aliphatic heterocycles. The van der Waals surface area contributed by atoms with Crippen LogP contribution in [0.4, 0.5) is 5.69 Å². The largest absolute Gasteiger partial charge is 0.493 e. The molecule has 0 bridgehead atoms.